The van der Waals surface area contributed by atoms with Crippen LogP contribution in [0, 0.1) is 0 Å². The Hall–Kier alpha value is -1.50. The smallest absolute Gasteiger partial charge is 0.0430 e. The maximum atomic E-state index is 3.71. The molecule has 0 amide bonds. The van der Waals surface area contributed by atoms with Gasteiger partial charge >= 0.3 is 0 Å². The second kappa shape index (κ2) is 5.28. The fraction of sp³-hybridized carbons (Fsp3) is 0.231. The summed E-state index contributed by atoms with van der Waals surface area (Å²) in [5, 5.41) is 0. The van der Waals surface area contributed by atoms with Crippen LogP contribution in [0.25, 0.3) is 0 Å². The third kappa shape index (κ3) is 3.48. The van der Waals surface area contributed by atoms with E-state index in [0.717, 1.165) is 6.54 Å². The summed E-state index contributed by atoms with van der Waals surface area (Å²) in [5.41, 5.74) is 2.53. The molecule has 1 nitrogen and oxygen atoms in total. The lowest BCUT2D eigenvalue weighted by Crippen LogP contribution is -1.94. The lowest BCUT2D eigenvalue weighted by atomic mass is 10.2. The van der Waals surface area contributed by atoms with Gasteiger partial charge in [0, 0.05) is 18.9 Å². The summed E-state index contributed by atoms with van der Waals surface area (Å²) in [4.78, 5) is 0. The summed E-state index contributed by atoms with van der Waals surface area (Å²) in [6, 6.07) is 4.08. The number of nitrogens with zero attached hydrogens (tertiary/aromatic N) is 1. The topological polar surface area (TPSA) is 4.93 Å². The molecule has 0 saturated carbocycles. The Kier molecular flexibility index (Phi) is 3.99. The average molecular weight is 187 g/mol. The highest BCUT2D eigenvalue weighted by Gasteiger charge is 1.89. The van der Waals surface area contributed by atoms with Gasteiger partial charge in [0.1, 0.15) is 0 Å². The van der Waals surface area contributed by atoms with Gasteiger partial charge in [-0.2, -0.15) is 0 Å². The van der Waals surface area contributed by atoms with Crippen molar-refractivity contribution in [3.63, 3.8) is 0 Å². The van der Waals surface area contributed by atoms with Crippen LogP contribution in [-0.4, -0.2) is 4.57 Å². The maximum Gasteiger partial charge on any atom is 0.0430 e. The number of rotatable bonds is 4. The highest BCUT2D eigenvalue weighted by atomic mass is 14.9. The molecule has 14 heavy (non-hydrogen) atoms. The number of hydrogen-bond donors (Lipinski definition) is 0. The Balaban J connectivity index is 2.58. The van der Waals surface area contributed by atoms with Gasteiger partial charge in [-0.15, -0.1) is 0 Å². The van der Waals surface area contributed by atoms with Crippen LogP contribution in [0.1, 0.15) is 13.8 Å². The van der Waals surface area contributed by atoms with E-state index in [1.807, 2.05) is 25.1 Å². The highest BCUT2D eigenvalue weighted by molar-refractivity contribution is 5.22. The molecule has 1 aromatic heterocycles. The van der Waals surface area contributed by atoms with Gasteiger partial charge in [-0.3, -0.25) is 0 Å². The summed E-state index contributed by atoms with van der Waals surface area (Å²) >= 11 is 0. The van der Waals surface area contributed by atoms with Crippen molar-refractivity contribution in [2.45, 2.75) is 20.4 Å². The van der Waals surface area contributed by atoms with Crippen LogP contribution in [0.15, 0.2) is 60.5 Å². The molecule has 1 heterocycles. The molecule has 74 valence electrons. The quantitative estimate of drug-likeness (QED) is 0.635. The molecular weight excluding hydrogens is 170 g/mol. The summed E-state index contributed by atoms with van der Waals surface area (Å²) in [7, 11) is 0. The first-order valence-electron chi connectivity index (χ1n) is 4.79. The average Bonchev–Trinajstić information content (AvgIpc) is 2.66. The largest absolute Gasteiger partial charge is 0.350 e. The van der Waals surface area contributed by atoms with Crippen molar-refractivity contribution < 1.29 is 0 Å². The molecule has 0 aromatic carbocycles. The SMILES string of the molecule is C=C/C(C)=C\C=C(\C)Cn1cccc1. The Morgan fingerprint density at radius 3 is 2.43 bits per heavy atom. The van der Waals surface area contributed by atoms with Crippen LogP contribution in [0.2, 0.25) is 0 Å². The zero-order valence-corrected chi connectivity index (χ0v) is 8.90. The zero-order valence-electron chi connectivity index (χ0n) is 8.90. The van der Waals surface area contributed by atoms with Gasteiger partial charge in [-0.25, -0.2) is 0 Å². The first kappa shape index (κ1) is 10.6. The molecule has 0 fully saturated rings. The van der Waals surface area contributed by atoms with Crippen molar-refractivity contribution >= 4 is 0 Å². The van der Waals surface area contributed by atoms with E-state index < -0.39 is 0 Å². The molecule has 0 N–H and O–H groups in total. The molecule has 1 aromatic rings. The van der Waals surface area contributed by atoms with Gasteiger partial charge in [-0.05, 0) is 26.0 Å². The molecule has 0 saturated heterocycles. The van der Waals surface area contributed by atoms with Crippen LogP contribution in [0.3, 0.4) is 0 Å². The maximum absolute atomic E-state index is 3.71. The van der Waals surface area contributed by atoms with Crippen molar-refractivity contribution in [3.05, 3.63) is 60.5 Å². The van der Waals surface area contributed by atoms with Crippen molar-refractivity contribution in [1.29, 1.82) is 0 Å². The Morgan fingerprint density at radius 2 is 1.86 bits per heavy atom. The van der Waals surface area contributed by atoms with E-state index in [4.69, 9.17) is 0 Å². The molecule has 0 aliphatic carbocycles. The van der Waals surface area contributed by atoms with Crippen LogP contribution in [0.4, 0.5) is 0 Å². The minimum atomic E-state index is 0.952. The van der Waals surface area contributed by atoms with Gasteiger partial charge in [0.05, 0.1) is 0 Å². The molecule has 0 bridgehead atoms. The third-order valence-corrected chi connectivity index (χ3v) is 2.05. The van der Waals surface area contributed by atoms with Crippen LogP contribution in [-0.2, 0) is 6.54 Å². The van der Waals surface area contributed by atoms with E-state index in [1.165, 1.54) is 11.1 Å². The number of aromatic nitrogens is 1. The van der Waals surface area contributed by atoms with E-state index >= 15 is 0 Å². The van der Waals surface area contributed by atoms with Gasteiger partial charge in [0.25, 0.3) is 0 Å². The summed E-state index contributed by atoms with van der Waals surface area (Å²) in [6.07, 6.45) is 10.2. The van der Waals surface area contributed by atoms with E-state index in [1.54, 1.807) is 0 Å². The Bertz CT molecular complexity index is 339. The molecule has 0 aliphatic rings. The molecule has 1 heteroatoms. The van der Waals surface area contributed by atoms with Gasteiger partial charge < -0.3 is 4.57 Å². The first-order valence-corrected chi connectivity index (χ1v) is 4.79. The van der Waals surface area contributed by atoms with E-state index in [9.17, 15) is 0 Å². The van der Waals surface area contributed by atoms with Crippen LogP contribution < -0.4 is 0 Å². The zero-order chi connectivity index (χ0) is 10.4. The molecule has 0 radical (unpaired) electrons. The van der Waals surface area contributed by atoms with Crippen molar-refractivity contribution in [3.8, 4) is 0 Å². The third-order valence-electron chi connectivity index (χ3n) is 2.05. The van der Waals surface area contributed by atoms with Crippen LogP contribution in [0.5, 0.6) is 0 Å². The second-order valence-corrected chi connectivity index (χ2v) is 3.48. The summed E-state index contributed by atoms with van der Waals surface area (Å²) in [5.74, 6) is 0. The Labute approximate surface area is 86.1 Å². The van der Waals surface area contributed by atoms with Crippen LogP contribution >= 0.6 is 0 Å². The number of hydrogen-bond acceptors (Lipinski definition) is 0. The van der Waals surface area contributed by atoms with Crippen molar-refractivity contribution in [2.24, 2.45) is 0 Å². The van der Waals surface area contributed by atoms with Gasteiger partial charge in [-0.1, -0.05) is 36.0 Å². The minimum absolute atomic E-state index is 0.952. The number of allylic oxidation sites excluding steroid dienone is 5. The monoisotopic (exact) mass is 187 g/mol. The fourth-order valence-corrected chi connectivity index (χ4v) is 1.16. The highest BCUT2D eigenvalue weighted by Crippen LogP contribution is 2.02. The molecular formula is C13H17N. The predicted octanol–water partition coefficient (Wildman–Crippen LogP) is 3.57. The first-order chi connectivity index (χ1) is 6.72. The molecule has 0 aliphatic heterocycles. The van der Waals surface area contributed by atoms with E-state index in [0.29, 0.717) is 0 Å². The molecule has 0 spiro atoms. The normalized spacial score (nSPS) is 13.0. The fourth-order valence-electron chi connectivity index (χ4n) is 1.16. The minimum Gasteiger partial charge on any atom is -0.350 e. The second-order valence-electron chi connectivity index (χ2n) is 3.48. The van der Waals surface area contributed by atoms with Crippen molar-refractivity contribution in [1.82, 2.24) is 4.57 Å². The lowest BCUT2D eigenvalue weighted by Gasteiger charge is -2.01. The Morgan fingerprint density at radius 1 is 1.21 bits per heavy atom. The standard InChI is InChI=1S/C13H17N/c1-4-12(2)7-8-13(3)11-14-9-5-6-10-14/h4-10H,1,11H2,2-3H3/b12-7-,13-8-. The molecule has 1 rings (SSSR count). The van der Waals surface area contributed by atoms with E-state index in [-0.39, 0.29) is 0 Å². The summed E-state index contributed by atoms with van der Waals surface area (Å²) < 4.78 is 2.16. The summed E-state index contributed by atoms with van der Waals surface area (Å²) in [6.45, 7) is 8.84. The lowest BCUT2D eigenvalue weighted by molar-refractivity contribution is 0.790. The predicted molar refractivity (Wildman–Crippen MR) is 62.1 cm³/mol. The van der Waals surface area contributed by atoms with Gasteiger partial charge in [0.2, 0.25) is 0 Å². The molecule has 0 atom stereocenters. The van der Waals surface area contributed by atoms with Gasteiger partial charge in [0.15, 0.2) is 0 Å². The van der Waals surface area contributed by atoms with Crippen molar-refractivity contribution in [2.75, 3.05) is 0 Å². The van der Waals surface area contributed by atoms with E-state index in [2.05, 4.69) is 42.6 Å². The molecule has 0 unspecified atom stereocenters.